The number of hydrogen-bond donors (Lipinski definition) is 1. The number of ether oxygens (including phenoxy) is 1. The molecule has 0 radical (unpaired) electrons. The maximum atomic E-state index is 5.75. The van der Waals surface area contributed by atoms with Crippen molar-refractivity contribution in [1.29, 1.82) is 0 Å². The van der Waals surface area contributed by atoms with Crippen LogP contribution in [0.2, 0.25) is 0 Å². The van der Waals surface area contributed by atoms with E-state index >= 15 is 0 Å². The van der Waals surface area contributed by atoms with Crippen LogP contribution in [0.1, 0.15) is 58.3 Å². The Morgan fingerprint density at radius 1 is 1.33 bits per heavy atom. The Bertz CT molecular complexity index is 143. The summed E-state index contributed by atoms with van der Waals surface area (Å²) in [5.74, 6) is 0. The zero-order valence-electron chi connectivity index (χ0n) is 10.4. The Morgan fingerprint density at radius 2 is 2.20 bits per heavy atom. The molecule has 1 heterocycles. The molecule has 1 rings (SSSR count). The van der Waals surface area contributed by atoms with E-state index in [1.807, 2.05) is 0 Å². The Hall–Kier alpha value is -0.0800. The highest BCUT2D eigenvalue weighted by Gasteiger charge is 2.15. The molecule has 2 atom stereocenters. The topological polar surface area (TPSA) is 21.3 Å². The molecule has 2 heteroatoms. The summed E-state index contributed by atoms with van der Waals surface area (Å²) in [6.45, 7) is 3.25. The summed E-state index contributed by atoms with van der Waals surface area (Å²) in [7, 11) is 2.09. The normalized spacial score (nSPS) is 24.0. The predicted molar refractivity (Wildman–Crippen MR) is 65.2 cm³/mol. The summed E-state index contributed by atoms with van der Waals surface area (Å²) in [5, 5.41) is 3.42. The standard InChI is InChI=1S/C13H27NO/c1-3-4-7-12(14-2)9-10-13-8-5-6-11-15-13/h12-14H,3-11H2,1-2H3. The molecule has 2 unspecified atom stereocenters. The van der Waals surface area contributed by atoms with Crippen molar-refractivity contribution in [3.8, 4) is 0 Å². The first-order valence-corrected chi connectivity index (χ1v) is 6.65. The van der Waals surface area contributed by atoms with Crippen molar-refractivity contribution in [3.63, 3.8) is 0 Å². The lowest BCUT2D eigenvalue weighted by Gasteiger charge is -2.24. The highest BCUT2D eigenvalue weighted by atomic mass is 16.5. The van der Waals surface area contributed by atoms with Gasteiger partial charge in [0.25, 0.3) is 0 Å². The average Bonchev–Trinajstić information content (AvgIpc) is 2.31. The van der Waals surface area contributed by atoms with Gasteiger partial charge in [0.15, 0.2) is 0 Å². The summed E-state index contributed by atoms with van der Waals surface area (Å²) in [4.78, 5) is 0. The van der Waals surface area contributed by atoms with Gasteiger partial charge in [-0.3, -0.25) is 0 Å². The average molecular weight is 213 g/mol. The second-order valence-corrected chi connectivity index (χ2v) is 4.69. The molecule has 0 saturated carbocycles. The van der Waals surface area contributed by atoms with E-state index in [-0.39, 0.29) is 0 Å². The van der Waals surface area contributed by atoms with Gasteiger partial charge in [0.05, 0.1) is 6.10 Å². The molecule has 2 nitrogen and oxygen atoms in total. The molecule has 15 heavy (non-hydrogen) atoms. The number of hydrogen-bond acceptors (Lipinski definition) is 2. The van der Waals surface area contributed by atoms with E-state index in [2.05, 4.69) is 19.3 Å². The smallest absolute Gasteiger partial charge is 0.0575 e. The molecule has 90 valence electrons. The van der Waals surface area contributed by atoms with Crippen molar-refractivity contribution in [1.82, 2.24) is 5.32 Å². The Labute approximate surface area is 94.8 Å². The molecular weight excluding hydrogens is 186 g/mol. The fourth-order valence-electron chi connectivity index (χ4n) is 2.31. The third-order valence-electron chi connectivity index (χ3n) is 3.43. The van der Waals surface area contributed by atoms with E-state index in [1.165, 1.54) is 51.4 Å². The maximum absolute atomic E-state index is 5.75. The molecule has 0 amide bonds. The minimum Gasteiger partial charge on any atom is -0.378 e. The Balaban J connectivity index is 2.09. The third kappa shape index (κ3) is 5.53. The largest absolute Gasteiger partial charge is 0.378 e. The molecule has 0 spiro atoms. The molecule has 1 N–H and O–H groups in total. The molecule has 0 aromatic carbocycles. The van der Waals surface area contributed by atoms with Crippen LogP contribution in [0, 0.1) is 0 Å². The summed E-state index contributed by atoms with van der Waals surface area (Å²) >= 11 is 0. The maximum Gasteiger partial charge on any atom is 0.0575 e. The number of nitrogens with one attached hydrogen (secondary N) is 1. The molecule has 1 aliphatic rings. The van der Waals surface area contributed by atoms with Gasteiger partial charge in [-0.1, -0.05) is 19.8 Å². The van der Waals surface area contributed by atoms with Crippen molar-refractivity contribution in [3.05, 3.63) is 0 Å². The van der Waals surface area contributed by atoms with Crippen LogP contribution in [0.25, 0.3) is 0 Å². The molecule has 1 aliphatic heterocycles. The van der Waals surface area contributed by atoms with E-state index in [0.29, 0.717) is 12.1 Å². The summed E-state index contributed by atoms with van der Waals surface area (Å²) in [5.41, 5.74) is 0. The van der Waals surface area contributed by atoms with Gasteiger partial charge in [-0.2, -0.15) is 0 Å². The fourth-order valence-corrected chi connectivity index (χ4v) is 2.31. The van der Waals surface area contributed by atoms with Crippen molar-refractivity contribution in [2.24, 2.45) is 0 Å². The van der Waals surface area contributed by atoms with Crippen LogP contribution < -0.4 is 5.32 Å². The van der Waals surface area contributed by atoms with Crippen LogP contribution in [0.5, 0.6) is 0 Å². The molecule has 0 aliphatic carbocycles. The Kier molecular flexibility index (Phi) is 7.03. The summed E-state index contributed by atoms with van der Waals surface area (Å²) in [6, 6.07) is 0.704. The molecule has 0 aromatic rings. The monoisotopic (exact) mass is 213 g/mol. The van der Waals surface area contributed by atoms with Gasteiger partial charge in [-0.25, -0.2) is 0 Å². The minimum absolute atomic E-state index is 0.552. The van der Waals surface area contributed by atoms with Gasteiger partial charge in [-0.05, 0) is 45.6 Å². The quantitative estimate of drug-likeness (QED) is 0.701. The van der Waals surface area contributed by atoms with Crippen LogP contribution in [-0.4, -0.2) is 25.8 Å². The van der Waals surface area contributed by atoms with Crippen LogP contribution >= 0.6 is 0 Å². The van der Waals surface area contributed by atoms with Crippen molar-refractivity contribution in [2.45, 2.75) is 70.4 Å². The second kappa shape index (κ2) is 8.12. The third-order valence-corrected chi connectivity index (χ3v) is 3.43. The fraction of sp³-hybridized carbons (Fsp3) is 1.00. The highest BCUT2D eigenvalue weighted by molar-refractivity contribution is 4.70. The van der Waals surface area contributed by atoms with Gasteiger partial charge in [0, 0.05) is 12.6 Å². The van der Waals surface area contributed by atoms with Gasteiger partial charge < -0.3 is 10.1 Å². The predicted octanol–water partition coefficient (Wildman–Crippen LogP) is 3.11. The van der Waals surface area contributed by atoms with Gasteiger partial charge in [-0.15, -0.1) is 0 Å². The van der Waals surface area contributed by atoms with E-state index < -0.39 is 0 Å². The SMILES string of the molecule is CCCCC(CCC1CCCCO1)NC. The lowest BCUT2D eigenvalue weighted by molar-refractivity contribution is 0.00854. The minimum atomic E-state index is 0.552. The van der Waals surface area contributed by atoms with Gasteiger partial charge >= 0.3 is 0 Å². The number of unbranched alkanes of at least 4 members (excludes halogenated alkanes) is 1. The Morgan fingerprint density at radius 3 is 2.80 bits per heavy atom. The molecular formula is C13H27NO. The summed E-state index contributed by atoms with van der Waals surface area (Å²) in [6.07, 6.45) is 11.0. The lowest BCUT2D eigenvalue weighted by atomic mass is 9.99. The summed E-state index contributed by atoms with van der Waals surface area (Å²) < 4.78 is 5.75. The van der Waals surface area contributed by atoms with E-state index in [0.717, 1.165) is 6.61 Å². The molecule has 1 saturated heterocycles. The van der Waals surface area contributed by atoms with Crippen LogP contribution in [0.3, 0.4) is 0 Å². The second-order valence-electron chi connectivity index (χ2n) is 4.69. The van der Waals surface area contributed by atoms with Crippen molar-refractivity contribution < 1.29 is 4.74 Å². The van der Waals surface area contributed by atoms with Crippen LogP contribution in [0.15, 0.2) is 0 Å². The van der Waals surface area contributed by atoms with E-state index in [1.54, 1.807) is 0 Å². The van der Waals surface area contributed by atoms with Crippen molar-refractivity contribution in [2.75, 3.05) is 13.7 Å². The van der Waals surface area contributed by atoms with Gasteiger partial charge in [0.2, 0.25) is 0 Å². The number of rotatable bonds is 7. The highest BCUT2D eigenvalue weighted by Crippen LogP contribution is 2.18. The first kappa shape index (κ1) is 13.0. The molecule has 0 aromatic heterocycles. The van der Waals surface area contributed by atoms with Crippen LogP contribution in [0.4, 0.5) is 0 Å². The van der Waals surface area contributed by atoms with Crippen molar-refractivity contribution >= 4 is 0 Å². The van der Waals surface area contributed by atoms with E-state index in [4.69, 9.17) is 4.74 Å². The van der Waals surface area contributed by atoms with Crippen LogP contribution in [-0.2, 0) is 4.74 Å². The first-order chi connectivity index (χ1) is 7.36. The molecule has 0 bridgehead atoms. The van der Waals surface area contributed by atoms with Gasteiger partial charge in [0.1, 0.15) is 0 Å². The van der Waals surface area contributed by atoms with E-state index in [9.17, 15) is 0 Å². The zero-order chi connectivity index (χ0) is 10.9. The first-order valence-electron chi connectivity index (χ1n) is 6.65. The lowest BCUT2D eigenvalue weighted by Crippen LogP contribution is -2.28. The molecule has 1 fully saturated rings. The zero-order valence-corrected chi connectivity index (χ0v) is 10.4.